The number of nitrogens with zero attached hydrogens (tertiary/aromatic N) is 5. The first-order chi connectivity index (χ1) is 16.3. The highest BCUT2D eigenvalue weighted by molar-refractivity contribution is 7.98. The molecule has 4 aromatic rings. The van der Waals surface area contributed by atoms with Crippen LogP contribution in [0.4, 0.5) is 0 Å². The summed E-state index contributed by atoms with van der Waals surface area (Å²) in [5.74, 6) is -0.0364. The molecule has 2 aromatic heterocycles. The van der Waals surface area contributed by atoms with Crippen LogP contribution in [0, 0.1) is 13.8 Å². The van der Waals surface area contributed by atoms with Gasteiger partial charge in [-0.05, 0) is 49.7 Å². The minimum absolute atomic E-state index is 0.181. The maximum Gasteiger partial charge on any atom is 0.274 e. The molecule has 2 heterocycles. The van der Waals surface area contributed by atoms with Gasteiger partial charge in [0.05, 0.1) is 11.4 Å². The van der Waals surface area contributed by atoms with E-state index in [1.807, 2.05) is 38.1 Å². The predicted octanol–water partition coefficient (Wildman–Crippen LogP) is 5.86. The molecule has 1 amide bonds. The monoisotopic (exact) mass is 532 g/mol. The average Bonchev–Trinajstić information content (AvgIpc) is 3.20. The molecule has 0 unspecified atom stereocenters. The molecule has 0 radical (unpaired) electrons. The zero-order chi connectivity index (χ0) is 24.2. The van der Waals surface area contributed by atoms with E-state index in [1.165, 1.54) is 11.8 Å². The summed E-state index contributed by atoms with van der Waals surface area (Å²) in [6.45, 7) is 4.07. The van der Waals surface area contributed by atoms with E-state index < -0.39 is 0 Å². The van der Waals surface area contributed by atoms with Gasteiger partial charge in [0.1, 0.15) is 0 Å². The number of hydrogen-bond acceptors (Lipinski definition) is 6. The summed E-state index contributed by atoms with van der Waals surface area (Å²) >= 11 is 20.0. The quantitative estimate of drug-likeness (QED) is 0.237. The van der Waals surface area contributed by atoms with E-state index in [-0.39, 0.29) is 18.1 Å². The molecule has 0 aliphatic heterocycles. The van der Waals surface area contributed by atoms with Crippen molar-refractivity contribution >= 4 is 52.5 Å². The Labute approximate surface area is 215 Å². The number of aryl methyl sites for hydroxylation is 2. The summed E-state index contributed by atoms with van der Waals surface area (Å²) in [4.78, 5) is 22.0. The highest BCUT2D eigenvalue weighted by Crippen LogP contribution is 2.27. The summed E-state index contributed by atoms with van der Waals surface area (Å²) < 4.78 is 1.55. The van der Waals surface area contributed by atoms with Crippen LogP contribution < -0.4 is 5.32 Å². The molecule has 2 aromatic carbocycles. The van der Waals surface area contributed by atoms with Crippen LogP contribution in [0.1, 0.15) is 33.1 Å². The number of amides is 1. The Kier molecular flexibility index (Phi) is 7.73. The second-order valence-corrected chi connectivity index (χ2v) is 9.64. The summed E-state index contributed by atoms with van der Waals surface area (Å²) in [7, 11) is 0. The molecule has 0 atom stereocenters. The highest BCUT2D eigenvalue weighted by Gasteiger charge is 2.22. The highest BCUT2D eigenvalue weighted by atomic mass is 35.5. The van der Waals surface area contributed by atoms with Crippen LogP contribution in [0.5, 0.6) is 0 Å². The van der Waals surface area contributed by atoms with Gasteiger partial charge in [-0.3, -0.25) is 4.79 Å². The van der Waals surface area contributed by atoms with Gasteiger partial charge in [-0.25, -0.2) is 14.6 Å². The number of thioether (sulfide) groups is 1. The number of carbonyl (C=O) groups is 1. The molecule has 7 nitrogen and oxygen atoms in total. The van der Waals surface area contributed by atoms with Gasteiger partial charge in [-0.15, -0.1) is 5.10 Å². The van der Waals surface area contributed by atoms with Gasteiger partial charge < -0.3 is 5.32 Å². The van der Waals surface area contributed by atoms with Gasteiger partial charge in [0.15, 0.2) is 10.9 Å². The average molecular weight is 534 g/mol. The van der Waals surface area contributed by atoms with Crippen LogP contribution in [0.25, 0.3) is 5.69 Å². The molecule has 4 rings (SSSR count). The fraction of sp³-hybridized carbons (Fsp3) is 0.174. The van der Waals surface area contributed by atoms with Crippen molar-refractivity contribution in [3.63, 3.8) is 0 Å². The minimum atomic E-state index is -0.378. The van der Waals surface area contributed by atoms with Gasteiger partial charge in [-0.2, -0.15) is 0 Å². The van der Waals surface area contributed by atoms with E-state index in [9.17, 15) is 4.79 Å². The fourth-order valence-corrected chi connectivity index (χ4v) is 4.93. The van der Waals surface area contributed by atoms with Crippen molar-refractivity contribution in [2.75, 3.05) is 0 Å². The van der Waals surface area contributed by atoms with Crippen molar-refractivity contribution in [3.8, 4) is 5.69 Å². The van der Waals surface area contributed by atoms with Crippen molar-refractivity contribution in [3.05, 3.63) is 91.9 Å². The topological polar surface area (TPSA) is 85.6 Å². The maximum absolute atomic E-state index is 13.1. The Morgan fingerprint density at radius 1 is 1.00 bits per heavy atom. The summed E-state index contributed by atoms with van der Waals surface area (Å²) in [6, 6.07) is 14.2. The number of rotatable bonds is 7. The Hall–Kier alpha value is -2.65. The third-order valence-electron chi connectivity index (χ3n) is 4.77. The molecule has 0 aliphatic rings. The predicted molar refractivity (Wildman–Crippen MR) is 135 cm³/mol. The zero-order valence-electron chi connectivity index (χ0n) is 18.2. The van der Waals surface area contributed by atoms with Gasteiger partial charge in [0.2, 0.25) is 0 Å². The van der Waals surface area contributed by atoms with E-state index in [2.05, 4.69) is 25.6 Å². The lowest BCUT2D eigenvalue weighted by Gasteiger charge is -2.10. The molecule has 1 N–H and O–H groups in total. The number of carbonyl (C=O) groups excluding carboxylic acids is 1. The van der Waals surface area contributed by atoms with Gasteiger partial charge in [-0.1, -0.05) is 70.0 Å². The number of benzene rings is 2. The molecular weight excluding hydrogens is 515 g/mol. The minimum Gasteiger partial charge on any atom is -0.346 e. The Bertz CT molecular complexity index is 1320. The van der Waals surface area contributed by atoms with Crippen molar-refractivity contribution < 1.29 is 4.79 Å². The van der Waals surface area contributed by atoms with Crippen LogP contribution in [-0.4, -0.2) is 30.9 Å². The Morgan fingerprint density at radius 3 is 2.35 bits per heavy atom. The molecule has 0 fully saturated rings. The van der Waals surface area contributed by atoms with Crippen molar-refractivity contribution in [1.29, 1.82) is 0 Å². The van der Waals surface area contributed by atoms with Gasteiger partial charge >= 0.3 is 0 Å². The van der Waals surface area contributed by atoms with E-state index in [1.54, 1.807) is 28.9 Å². The summed E-state index contributed by atoms with van der Waals surface area (Å²) in [5.41, 5.74) is 3.85. The second-order valence-electron chi connectivity index (χ2n) is 7.42. The number of nitrogens with one attached hydrogen (secondary N) is 1. The molecule has 0 saturated carbocycles. The van der Waals surface area contributed by atoms with Crippen molar-refractivity contribution in [1.82, 2.24) is 30.3 Å². The Balaban J connectivity index is 1.65. The maximum atomic E-state index is 13.1. The lowest BCUT2D eigenvalue weighted by molar-refractivity contribution is 0.0945. The third kappa shape index (κ3) is 5.88. The van der Waals surface area contributed by atoms with Crippen LogP contribution in [-0.2, 0) is 12.3 Å². The first kappa shape index (κ1) is 24.5. The molecule has 11 heteroatoms. The molecule has 0 aliphatic carbocycles. The molecule has 0 spiro atoms. The van der Waals surface area contributed by atoms with E-state index in [0.29, 0.717) is 37.4 Å². The number of hydrogen-bond donors (Lipinski definition) is 1. The van der Waals surface area contributed by atoms with E-state index in [4.69, 9.17) is 34.8 Å². The fourth-order valence-electron chi connectivity index (χ4n) is 3.27. The van der Waals surface area contributed by atoms with Crippen molar-refractivity contribution in [2.24, 2.45) is 0 Å². The van der Waals surface area contributed by atoms with E-state index in [0.717, 1.165) is 17.0 Å². The summed E-state index contributed by atoms with van der Waals surface area (Å²) in [5, 5.41) is 13.3. The lowest BCUT2D eigenvalue weighted by atomic mass is 10.2. The second kappa shape index (κ2) is 10.7. The Morgan fingerprint density at radius 2 is 1.68 bits per heavy atom. The first-order valence-electron chi connectivity index (χ1n) is 10.2. The van der Waals surface area contributed by atoms with Crippen LogP contribution in [0.2, 0.25) is 15.1 Å². The number of aromatic nitrogens is 5. The smallest absolute Gasteiger partial charge is 0.274 e. The lowest BCUT2D eigenvalue weighted by Crippen LogP contribution is -2.24. The molecule has 0 bridgehead atoms. The first-order valence-corrected chi connectivity index (χ1v) is 12.3. The molecular formula is C23H19Cl3N6OS. The standard InChI is InChI=1S/C23H19Cl3N6OS/c1-13-7-14(2)29-23(28-13)34-12-20-21(22(33)27-11-15-5-3-4-6-19(15)26)30-31-32(20)18-9-16(24)8-17(25)10-18/h3-10H,11-12H2,1-2H3,(H,27,33). The van der Waals surface area contributed by atoms with Gasteiger partial charge in [0.25, 0.3) is 5.91 Å². The SMILES string of the molecule is Cc1cc(C)nc(SCc2c(C(=O)NCc3ccccc3Cl)nnn2-c2cc(Cl)cc(Cl)c2)n1. The van der Waals surface area contributed by atoms with Gasteiger partial charge in [0, 0.05) is 38.8 Å². The van der Waals surface area contributed by atoms with Crippen molar-refractivity contribution in [2.45, 2.75) is 31.3 Å². The third-order valence-corrected chi connectivity index (χ3v) is 6.43. The zero-order valence-corrected chi connectivity index (χ0v) is 21.3. The van der Waals surface area contributed by atoms with Crippen LogP contribution in [0.15, 0.2) is 53.7 Å². The molecule has 0 saturated heterocycles. The molecule has 174 valence electrons. The molecule has 34 heavy (non-hydrogen) atoms. The number of halogens is 3. The summed E-state index contributed by atoms with van der Waals surface area (Å²) in [6.07, 6.45) is 0. The van der Waals surface area contributed by atoms with Crippen LogP contribution in [0.3, 0.4) is 0 Å². The van der Waals surface area contributed by atoms with E-state index >= 15 is 0 Å². The largest absolute Gasteiger partial charge is 0.346 e. The van der Waals surface area contributed by atoms with Crippen LogP contribution >= 0.6 is 46.6 Å². The normalized spacial score (nSPS) is 11.0.